The van der Waals surface area contributed by atoms with Crippen molar-refractivity contribution in [2.45, 2.75) is 31.2 Å². The monoisotopic (exact) mass is 303 g/mol. The molecule has 1 saturated heterocycles. The van der Waals surface area contributed by atoms with Gasteiger partial charge in [-0.3, -0.25) is 0 Å². The van der Waals surface area contributed by atoms with E-state index in [0.717, 1.165) is 27.6 Å². The molecule has 0 spiro atoms. The maximum Gasteiger partial charge on any atom is 0.123 e. The van der Waals surface area contributed by atoms with E-state index in [2.05, 4.69) is 28.2 Å². The van der Waals surface area contributed by atoms with Crippen molar-refractivity contribution < 1.29 is 4.39 Å². The van der Waals surface area contributed by atoms with E-state index >= 15 is 0 Å². The van der Waals surface area contributed by atoms with Gasteiger partial charge >= 0.3 is 0 Å². The van der Waals surface area contributed by atoms with Gasteiger partial charge in [-0.1, -0.05) is 22.9 Å². The highest BCUT2D eigenvalue weighted by Gasteiger charge is 2.21. The summed E-state index contributed by atoms with van der Waals surface area (Å²) >= 11 is 5.44. The Morgan fingerprint density at radius 3 is 3.06 bits per heavy atom. The zero-order chi connectivity index (χ0) is 11.5. The van der Waals surface area contributed by atoms with Gasteiger partial charge in [-0.15, -0.1) is 0 Å². The molecular weight excluding hydrogens is 289 g/mol. The molecule has 1 heterocycles. The second kappa shape index (κ2) is 5.52. The van der Waals surface area contributed by atoms with Crippen molar-refractivity contribution in [2.75, 3.05) is 5.75 Å². The molecule has 2 unspecified atom stereocenters. The first kappa shape index (κ1) is 12.4. The van der Waals surface area contributed by atoms with E-state index in [1.165, 1.54) is 12.5 Å². The number of nitrogens with one attached hydrogen (secondary N) is 1. The van der Waals surface area contributed by atoms with Crippen molar-refractivity contribution in [3.05, 3.63) is 34.1 Å². The number of rotatable bonds is 3. The molecule has 1 aliphatic rings. The minimum absolute atomic E-state index is 0.172. The Bertz CT molecular complexity index is 372. The summed E-state index contributed by atoms with van der Waals surface area (Å²) in [5, 5.41) is 4.22. The predicted octanol–water partition coefficient (Wildman–Crippen LogP) is 3.57. The van der Waals surface area contributed by atoms with E-state index in [0.29, 0.717) is 6.04 Å². The third-order valence-electron chi connectivity index (χ3n) is 2.79. The van der Waals surface area contributed by atoms with Crippen LogP contribution in [0.1, 0.15) is 18.9 Å². The van der Waals surface area contributed by atoms with Crippen LogP contribution < -0.4 is 5.32 Å². The zero-order valence-electron chi connectivity index (χ0n) is 9.17. The van der Waals surface area contributed by atoms with Crippen LogP contribution >= 0.6 is 27.7 Å². The van der Waals surface area contributed by atoms with Crippen molar-refractivity contribution in [1.82, 2.24) is 5.32 Å². The molecular formula is C12H15BrFNS. The summed E-state index contributed by atoms with van der Waals surface area (Å²) < 4.78 is 14.0. The molecule has 1 N–H and O–H groups in total. The first-order chi connectivity index (χ1) is 7.65. The van der Waals surface area contributed by atoms with Crippen LogP contribution in [0.5, 0.6) is 0 Å². The lowest BCUT2D eigenvalue weighted by molar-refractivity contribution is 0.535. The molecule has 1 aliphatic heterocycles. The van der Waals surface area contributed by atoms with Crippen LogP contribution in [0.2, 0.25) is 0 Å². The number of benzene rings is 1. The average Bonchev–Trinajstić information content (AvgIpc) is 2.66. The molecule has 2 rings (SSSR count). The highest BCUT2D eigenvalue weighted by molar-refractivity contribution is 9.10. The van der Waals surface area contributed by atoms with Gasteiger partial charge in [0.1, 0.15) is 5.82 Å². The van der Waals surface area contributed by atoms with Crippen LogP contribution in [-0.4, -0.2) is 17.0 Å². The summed E-state index contributed by atoms with van der Waals surface area (Å²) in [5.74, 6) is 0.989. The first-order valence-electron chi connectivity index (χ1n) is 5.44. The first-order valence-corrected chi connectivity index (χ1v) is 7.28. The Morgan fingerprint density at radius 1 is 1.56 bits per heavy atom. The van der Waals surface area contributed by atoms with Crippen molar-refractivity contribution >= 4 is 27.7 Å². The summed E-state index contributed by atoms with van der Waals surface area (Å²) in [4.78, 5) is 0. The summed E-state index contributed by atoms with van der Waals surface area (Å²) in [6.07, 6.45) is 1.21. The third-order valence-corrected chi connectivity index (χ3v) is 4.92. The predicted molar refractivity (Wildman–Crippen MR) is 71.3 cm³/mol. The molecule has 16 heavy (non-hydrogen) atoms. The highest BCUT2D eigenvalue weighted by Crippen LogP contribution is 2.26. The molecule has 0 aliphatic carbocycles. The fourth-order valence-corrected chi connectivity index (χ4v) is 3.46. The highest BCUT2D eigenvalue weighted by atomic mass is 79.9. The molecule has 1 aromatic rings. The lowest BCUT2D eigenvalue weighted by Crippen LogP contribution is -2.28. The smallest absolute Gasteiger partial charge is 0.123 e. The van der Waals surface area contributed by atoms with Crippen molar-refractivity contribution in [1.29, 1.82) is 0 Å². The molecule has 0 aromatic heterocycles. The van der Waals surface area contributed by atoms with Crippen molar-refractivity contribution in [3.8, 4) is 0 Å². The standard InChI is InChI=1S/C12H15BrFNS/c1-8-4-11(7-16-8)15-6-9-5-10(14)2-3-12(9)13/h2-3,5,8,11,15H,4,6-7H2,1H3. The van der Waals surface area contributed by atoms with Gasteiger partial charge in [0.15, 0.2) is 0 Å². The van der Waals surface area contributed by atoms with Gasteiger partial charge in [0.2, 0.25) is 0 Å². The minimum Gasteiger partial charge on any atom is -0.309 e. The number of halogens is 2. The number of hydrogen-bond acceptors (Lipinski definition) is 2. The maximum absolute atomic E-state index is 13.1. The van der Waals surface area contributed by atoms with Gasteiger partial charge in [0.25, 0.3) is 0 Å². The van der Waals surface area contributed by atoms with E-state index in [-0.39, 0.29) is 5.82 Å². The third kappa shape index (κ3) is 3.22. The zero-order valence-corrected chi connectivity index (χ0v) is 11.6. The van der Waals surface area contributed by atoms with Gasteiger partial charge in [0.05, 0.1) is 0 Å². The SMILES string of the molecule is CC1CC(NCc2cc(F)ccc2Br)CS1. The van der Waals surface area contributed by atoms with Crippen LogP contribution in [0.4, 0.5) is 4.39 Å². The van der Waals surface area contributed by atoms with Gasteiger partial charge in [-0.2, -0.15) is 11.8 Å². The maximum atomic E-state index is 13.1. The fraction of sp³-hybridized carbons (Fsp3) is 0.500. The molecule has 1 fully saturated rings. The second-order valence-corrected chi connectivity index (χ2v) is 6.52. The minimum atomic E-state index is -0.172. The summed E-state index contributed by atoms with van der Waals surface area (Å²) in [5.41, 5.74) is 0.990. The van der Waals surface area contributed by atoms with Crippen molar-refractivity contribution in [2.24, 2.45) is 0 Å². The van der Waals surface area contributed by atoms with Crippen LogP contribution in [0.25, 0.3) is 0 Å². The van der Waals surface area contributed by atoms with Crippen LogP contribution in [0, 0.1) is 5.82 Å². The quantitative estimate of drug-likeness (QED) is 0.916. The van der Waals surface area contributed by atoms with Crippen LogP contribution in [-0.2, 0) is 6.54 Å². The lowest BCUT2D eigenvalue weighted by atomic mass is 10.1. The Morgan fingerprint density at radius 2 is 2.38 bits per heavy atom. The van der Waals surface area contributed by atoms with Gasteiger partial charge in [-0.05, 0) is 30.2 Å². The lowest BCUT2D eigenvalue weighted by Gasteiger charge is -2.12. The van der Waals surface area contributed by atoms with Crippen LogP contribution in [0.15, 0.2) is 22.7 Å². The summed E-state index contributed by atoms with van der Waals surface area (Å²) in [6, 6.07) is 5.39. The molecule has 1 aromatic carbocycles. The number of hydrogen-bond donors (Lipinski definition) is 1. The van der Waals surface area contributed by atoms with E-state index in [1.54, 1.807) is 12.1 Å². The van der Waals surface area contributed by atoms with Gasteiger partial charge < -0.3 is 5.32 Å². The second-order valence-electron chi connectivity index (χ2n) is 4.19. The normalized spacial score (nSPS) is 24.9. The fourth-order valence-electron chi connectivity index (χ4n) is 1.89. The number of thioether (sulfide) groups is 1. The molecule has 2 atom stereocenters. The Kier molecular flexibility index (Phi) is 4.27. The molecule has 0 radical (unpaired) electrons. The molecule has 0 amide bonds. The van der Waals surface area contributed by atoms with Gasteiger partial charge in [0, 0.05) is 28.1 Å². The molecule has 1 nitrogen and oxygen atoms in total. The van der Waals surface area contributed by atoms with E-state index < -0.39 is 0 Å². The van der Waals surface area contributed by atoms with Crippen LogP contribution in [0.3, 0.4) is 0 Å². The van der Waals surface area contributed by atoms with E-state index in [4.69, 9.17) is 0 Å². The summed E-state index contributed by atoms with van der Waals surface area (Å²) in [7, 11) is 0. The van der Waals surface area contributed by atoms with E-state index in [1.807, 2.05) is 11.8 Å². The molecule has 0 bridgehead atoms. The van der Waals surface area contributed by atoms with Gasteiger partial charge in [-0.25, -0.2) is 4.39 Å². The average molecular weight is 304 g/mol. The Labute approximate surface area is 108 Å². The Hall–Kier alpha value is -0.0600. The van der Waals surface area contributed by atoms with Crippen molar-refractivity contribution in [3.63, 3.8) is 0 Å². The Balaban J connectivity index is 1.91. The molecule has 0 saturated carbocycles. The summed E-state index contributed by atoms with van der Waals surface area (Å²) in [6.45, 7) is 2.99. The topological polar surface area (TPSA) is 12.0 Å². The largest absolute Gasteiger partial charge is 0.309 e. The van der Waals surface area contributed by atoms with E-state index in [9.17, 15) is 4.39 Å². The molecule has 88 valence electrons. The molecule has 4 heteroatoms.